The first-order valence-corrected chi connectivity index (χ1v) is 7.03. The van der Waals surface area contributed by atoms with Crippen molar-refractivity contribution in [2.75, 3.05) is 6.26 Å². The van der Waals surface area contributed by atoms with Gasteiger partial charge in [-0.3, -0.25) is 10.1 Å². The lowest BCUT2D eigenvalue weighted by Gasteiger charge is -2.04. The highest BCUT2D eigenvalue weighted by Crippen LogP contribution is 2.22. The van der Waals surface area contributed by atoms with Gasteiger partial charge in [0.2, 0.25) is 5.56 Å². The van der Waals surface area contributed by atoms with Gasteiger partial charge in [-0.1, -0.05) is 30.0 Å². The van der Waals surface area contributed by atoms with E-state index in [0.717, 1.165) is 11.3 Å². The summed E-state index contributed by atoms with van der Waals surface area (Å²) in [6, 6.07) is 12.4. The number of nitrogens with one attached hydrogen (secondary N) is 2. The molecule has 0 saturated carbocycles. The number of rotatable bonds is 2. The van der Waals surface area contributed by atoms with Crippen molar-refractivity contribution in [2.45, 2.75) is 0 Å². The molecule has 5 nitrogen and oxygen atoms in total. The van der Waals surface area contributed by atoms with E-state index in [4.69, 9.17) is 5.26 Å². The quantitative estimate of drug-likeness (QED) is 0.384. The maximum Gasteiger partial charge on any atom is 0.248 e. The lowest BCUT2D eigenvalue weighted by atomic mass is 10.1. The number of aromatic amines is 1. The van der Waals surface area contributed by atoms with Crippen molar-refractivity contribution >= 4 is 22.6 Å². The molecule has 2 aromatic rings. The van der Waals surface area contributed by atoms with E-state index in [9.17, 15) is 4.79 Å². The molecular formula is C14H12N4OS. The van der Waals surface area contributed by atoms with Gasteiger partial charge in [-0.05, 0) is 24.5 Å². The number of aliphatic imine (C=N–C) groups is 1. The SMILES string of the molecule is CSC(=Nc1cccc(-c2cccc(=O)[nH]2)c1)NC#N. The summed E-state index contributed by atoms with van der Waals surface area (Å²) >= 11 is 1.35. The molecule has 1 aromatic heterocycles. The average Bonchev–Trinajstić information content (AvgIpc) is 2.47. The van der Waals surface area contributed by atoms with Crippen molar-refractivity contribution in [2.24, 2.45) is 4.99 Å². The van der Waals surface area contributed by atoms with Crippen molar-refractivity contribution in [1.29, 1.82) is 5.26 Å². The molecule has 1 aromatic carbocycles. The zero-order chi connectivity index (χ0) is 14.4. The van der Waals surface area contributed by atoms with E-state index in [1.165, 1.54) is 17.8 Å². The molecule has 0 atom stereocenters. The number of amidine groups is 1. The van der Waals surface area contributed by atoms with Crippen molar-refractivity contribution in [3.63, 3.8) is 0 Å². The Hall–Kier alpha value is -2.52. The lowest BCUT2D eigenvalue weighted by molar-refractivity contribution is 1.24. The summed E-state index contributed by atoms with van der Waals surface area (Å²) in [5.41, 5.74) is 2.15. The number of nitriles is 1. The van der Waals surface area contributed by atoms with Crippen molar-refractivity contribution < 1.29 is 0 Å². The summed E-state index contributed by atoms with van der Waals surface area (Å²) in [5.74, 6) is 0. The van der Waals surface area contributed by atoms with E-state index >= 15 is 0 Å². The minimum absolute atomic E-state index is 0.146. The zero-order valence-electron chi connectivity index (χ0n) is 10.8. The summed E-state index contributed by atoms with van der Waals surface area (Å²) in [6.45, 7) is 0. The number of aromatic nitrogens is 1. The third kappa shape index (κ3) is 3.49. The van der Waals surface area contributed by atoms with Crippen LogP contribution < -0.4 is 10.9 Å². The number of nitrogens with zero attached hydrogens (tertiary/aromatic N) is 2. The Kier molecular flexibility index (Phi) is 4.58. The van der Waals surface area contributed by atoms with Crippen LogP contribution in [0.1, 0.15) is 0 Å². The Morgan fingerprint density at radius 2 is 2.15 bits per heavy atom. The molecule has 0 unspecified atom stereocenters. The standard InChI is InChI=1S/C14H12N4OS/c1-20-14(16-9-15)17-11-5-2-4-10(8-11)12-6-3-7-13(19)18-12/h2-8H,1H3,(H,16,17)(H,18,19). The fraction of sp³-hybridized carbons (Fsp3) is 0.0714. The predicted octanol–water partition coefficient (Wildman–Crippen LogP) is 2.46. The highest BCUT2D eigenvalue weighted by molar-refractivity contribution is 8.13. The van der Waals surface area contributed by atoms with Gasteiger partial charge in [-0.2, -0.15) is 5.26 Å². The van der Waals surface area contributed by atoms with Crippen LogP contribution in [0.4, 0.5) is 5.69 Å². The lowest BCUT2D eigenvalue weighted by Crippen LogP contribution is -2.12. The van der Waals surface area contributed by atoms with Crippen LogP contribution in [-0.4, -0.2) is 16.4 Å². The third-order valence-electron chi connectivity index (χ3n) is 2.51. The summed E-state index contributed by atoms with van der Waals surface area (Å²) in [7, 11) is 0. The second-order valence-electron chi connectivity index (χ2n) is 3.84. The summed E-state index contributed by atoms with van der Waals surface area (Å²) in [5, 5.41) is 11.6. The molecule has 0 aliphatic carbocycles. The molecule has 0 fully saturated rings. The molecule has 0 aliphatic rings. The molecule has 0 aliphatic heterocycles. The number of thioether (sulfide) groups is 1. The fourth-order valence-corrected chi connectivity index (χ4v) is 1.99. The molecule has 0 amide bonds. The first-order valence-electron chi connectivity index (χ1n) is 5.80. The molecule has 0 bridgehead atoms. The Bertz CT molecular complexity index is 730. The Labute approximate surface area is 120 Å². The van der Waals surface area contributed by atoms with Crippen LogP contribution in [0.3, 0.4) is 0 Å². The van der Waals surface area contributed by atoms with Crippen LogP contribution in [0.25, 0.3) is 11.3 Å². The zero-order valence-corrected chi connectivity index (χ0v) is 11.6. The van der Waals surface area contributed by atoms with Gasteiger partial charge in [0.25, 0.3) is 0 Å². The highest BCUT2D eigenvalue weighted by Gasteiger charge is 2.01. The van der Waals surface area contributed by atoms with E-state index in [1.807, 2.05) is 42.8 Å². The Morgan fingerprint density at radius 1 is 1.35 bits per heavy atom. The molecule has 0 saturated heterocycles. The topological polar surface area (TPSA) is 81.0 Å². The van der Waals surface area contributed by atoms with Crippen LogP contribution in [0.5, 0.6) is 0 Å². The van der Waals surface area contributed by atoms with Gasteiger partial charge in [0.15, 0.2) is 11.4 Å². The molecular weight excluding hydrogens is 272 g/mol. The van der Waals surface area contributed by atoms with Gasteiger partial charge in [0.1, 0.15) is 0 Å². The minimum Gasteiger partial charge on any atom is -0.322 e. The molecule has 2 N–H and O–H groups in total. The molecule has 20 heavy (non-hydrogen) atoms. The molecule has 0 spiro atoms. The third-order valence-corrected chi connectivity index (χ3v) is 3.09. The second kappa shape index (κ2) is 6.59. The fourth-order valence-electron chi connectivity index (χ4n) is 1.65. The smallest absolute Gasteiger partial charge is 0.248 e. The van der Waals surface area contributed by atoms with E-state index in [-0.39, 0.29) is 5.56 Å². The van der Waals surface area contributed by atoms with E-state index < -0.39 is 0 Å². The highest BCUT2D eigenvalue weighted by atomic mass is 32.2. The van der Waals surface area contributed by atoms with Crippen LogP contribution >= 0.6 is 11.8 Å². The normalized spacial score (nSPS) is 10.9. The maximum absolute atomic E-state index is 11.3. The molecule has 1 heterocycles. The van der Waals surface area contributed by atoms with Crippen molar-refractivity contribution in [1.82, 2.24) is 10.3 Å². The summed E-state index contributed by atoms with van der Waals surface area (Å²) < 4.78 is 0. The second-order valence-corrected chi connectivity index (χ2v) is 4.63. The molecule has 100 valence electrons. The van der Waals surface area contributed by atoms with Gasteiger partial charge in [-0.15, -0.1) is 0 Å². The van der Waals surface area contributed by atoms with Gasteiger partial charge < -0.3 is 4.98 Å². The number of benzene rings is 1. The molecule has 6 heteroatoms. The van der Waals surface area contributed by atoms with E-state index in [0.29, 0.717) is 10.9 Å². The van der Waals surface area contributed by atoms with Gasteiger partial charge in [0.05, 0.1) is 5.69 Å². The molecule has 0 radical (unpaired) electrons. The van der Waals surface area contributed by atoms with Crippen LogP contribution in [-0.2, 0) is 0 Å². The van der Waals surface area contributed by atoms with Gasteiger partial charge >= 0.3 is 0 Å². The van der Waals surface area contributed by atoms with Crippen LogP contribution in [0.15, 0.2) is 52.3 Å². The van der Waals surface area contributed by atoms with E-state index in [1.54, 1.807) is 6.07 Å². The first-order chi connectivity index (χ1) is 9.72. The van der Waals surface area contributed by atoms with E-state index in [2.05, 4.69) is 15.3 Å². The molecule has 2 rings (SSSR count). The van der Waals surface area contributed by atoms with Gasteiger partial charge in [-0.25, -0.2) is 4.99 Å². The number of hydrogen-bond acceptors (Lipinski definition) is 4. The number of H-pyrrole nitrogens is 1. The van der Waals surface area contributed by atoms with Gasteiger partial charge in [0, 0.05) is 17.3 Å². The number of pyridine rings is 1. The largest absolute Gasteiger partial charge is 0.322 e. The van der Waals surface area contributed by atoms with Crippen molar-refractivity contribution in [3.8, 4) is 17.5 Å². The minimum atomic E-state index is -0.146. The maximum atomic E-state index is 11.3. The predicted molar refractivity (Wildman–Crippen MR) is 81.9 cm³/mol. The monoisotopic (exact) mass is 284 g/mol. The number of hydrogen-bond donors (Lipinski definition) is 2. The summed E-state index contributed by atoms with van der Waals surface area (Å²) in [6.07, 6.45) is 3.68. The average molecular weight is 284 g/mol. The Balaban J connectivity index is 2.38. The summed E-state index contributed by atoms with van der Waals surface area (Å²) in [4.78, 5) is 18.4. The van der Waals surface area contributed by atoms with Crippen molar-refractivity contribution in [3.05, 3.63) is 52.8 Å². The van der Waals surface area contributed by atoms with Crippen LogP contribution in [0.2, 0.25) is 0 Å². The Morgan fingerprint density at radius 3 is 2.85 bits per heavy atom. The first kappa shape index (κ1) is 13.9. The van der Waals surface area contributed by atoms with Crippen LogP contribution in [0, 0.1) is 11.5 Å².